The van der Waals surface area contributed by atoms with Gasteiger partial charge in [-0.15, -0.1) is 10.2 Å². The monoisotopic (exact) mass is 427 g/mol. The SMILES string of the molecule is CCN(CC)c1ccc(O)c(/C=N\NC(=O)Cn2nnc(-c3ccccc3Cl)n2)c1. The van der Waals surface area contributed by atoms with Crippen LogP contribution >= 0.6 is 11.6 Å². The maximum Gasteiger partial charge on any atom is 0.263 e. The number of anilines is 1. The molecule has 0 spiro atoms. The average Bonchev–Trinajstić information content (AvgIpc) is 3.19. The highest BCUT2D eigenvalue weighted by molar-refractivity contribution is 6.33. The van der Waals surface area contributed by atoms with Gasteiger partial charge in [-0.3, -0.25) is 4.79 Å². The summed E-state index contributed by atoms with van der Waals surface area (Å²) < 4.78 is 0. The molecule has 30 heavy (non-hydrogen) atoms. The van der Waals surface area contributed by atoms with Crippen LogP contribution in [0.15, 0.2) is 47.6 Å². The highest BCUT2D eigenvalue weighted by Crippen LogP contribution is 2.24. The third kappa shape index (κ3) is 5.12. The molecule has 3 rings (SSSR count). The highest BCUT2D eigenvalue weighted by atomic mass is 35.5. The predicted octanol–water partition coefficient (Wildman–Crippen LogP) is 2.70. The Morgan fingerprint density at radius 3 is 2.77 bits per heavy atom. The molecule has 3 aromatic rings. The number of aromatic hydroxyl groups is 1. The molecular formula is C20H22ClN7O2. The van der Waals surface area contributed by atoms with Crippen molar-refractivity contribution in [1.29, 1.82) is 0 Å². The van der Waals surface area contributed by atoms with Crippen LogP contribution in [0.25, 0.3) is 11.4 Å². The molecule has 0 atom stereocenters. The van der Waals surface area contributed by atoms with Gasteiger partial charge in [-0.2, -0.15) is 9.90 Å². The molecule has 0 aliphatic rings. The third-order valence-corrected chi connectivity index (χ3v) is 4.71. The number of phenolic OH excluding ortho intramolecular Hbond substituents is 1. The minimum absolute atomic E-state index is 0.0752. The van der Waals surface area contributed by atoms with Gasteiger partial charge in [0, 0.05) is 29.9 Å². The summed E-state index contributed by atoms with van der Waals surface area (Å²) in [4.78, 5) is 15.4. The molecular weight excluding hydrogens is 406 g/mol. The number of carbonyl (C=O) groups excluding carboxylic acids is 1. The Morgan fingerprint density at radius 1 is 1.27 bits per heavy atom. The van der Waals surface area contributed by atoms with Crippen molar-refractivity contribution in [2.24, 2.45) is 5.10 Å². The number of hydrogen-bond donors (Lipinski definition) is 2. The molecule has 0 aliphatic heterocycles. The molecule has 0 saturated carbocycles. The molecule has 1 heterocycles. The van der Waals surface area contributed by atoms with E-state index in [-0.39, 0.29) is 12.3 Å². The molecule has 2 N–H and O–H groups in total. The first kappa shape index (κ1) is 21.3. The fourth-order valence-electron chi connectivity index (χ4n) is 2.83. The predicted molar refractivity (Wildman–Crippen MR) is 116 cm³/mol. The van der Waals surface area contributed by atoms with E-state index in [0.717, 1.165) is 23.6 Å². The zero-order valence-electron chi connectivity index (χ0n) is 16.7. The number of hydrazone groups is 1. The fraction of sp³-hybridized carbons (Fsp3) is 0.250. The Hall–Kier alpha value is -3.46. The minimum atomic E-state index is -0.436. The lowest BCUT2D eigenvalue weighted by atomic mass is 10.2. The number of nitrogens with zero attached hydrogens (tertiary/aromatic N) is 6. The van der Waals surface area contributed by atoms with E-state index in [0.29, 0.717) is 22.0 Å². The summed E-state index contributed by atoms with van der Waals surface area (Å²) in [5.41, 5.74) is 4.49. The number of tetrazole rings is 1. The van der Waals surface area contributed by atoms with Crippen LogP contribution in [0, 0.1) is 0 Å². The molecule has 1 amide bonds. The standard InChI is InChI=1S/C20H22ClN7O2/c1-3-27(4-2)15-9-10-18(29)14(11-15)12-22-23-19(30)13-28-25-20(24-26-28)16-7-5-6-8-17(16)21/h5-12,29H,3-4,13H2,1-2H3,(H,23,30)/b22-12-. The first-order valence-electron chi connectivity index (χ1n) is 9.44. The molecule has 10 heteroatoms. The quantitative estimate of drug-likeness (QED) is 0.422. The number of phenols is 1. The van der Waals surface area contributed by atoms with E-state index in [9.17, 15) is 9.90 Å². The smallest absolute Gasteiger partial charge is 0.263 e. The molecule has 0 fully saturated rings. The van der Waals surface area contributed by atoms with Crippen molar-refractivity contribution in [3.63, 3.8) is 0 Å². The second-order valence-electron chi connectivity index (χ2n) is 6.33. The number of rotatable bonds is 8. The van der Waals surface area contributed by atoms with E-state index in [4.69, 9.17) is 11.6 Å². The fourth-order valence-corrected chi connectivity index (χ4v) is 3.05. The summed E-state index contributed by atoms with van der Waals surface area (Å²) in [7, 11) is 0. The van der Waals surface area contributed by atoms with E-state index < -0.39 is 5.91 Å². The van der Waals surface area contributed by atoms with Gasteiger partial charge in [0.15, 0.2) is 0 Å². The molecule has 0 aliphatic carbocycles. The Labute approximate surface area is 179 Å². The summed E-state index contributed by atoms with van der Waals surface area (Å²) in [5, 5.41) is 26.4. The molecule has 2 aromatic carbocycles. The molecule has 0 unspecified atom stereocenters. The van der Waals surface area contributed by atoms with Gasteiger partial charge in [0.2, 0.25) is 5.82 Å². The van der Waals surface area contributed by atoms with E-state index in [1.54, 1.807) is 24.3 Å². The van der Waals surface area contributed by atoms with Gasteiger partial charge in [0.25, 0.3) is 5.91 Å². The van der Waals surface area contributed by atoms with Gasteiger partial charge in [0.05, 0.1) is 11.2 Å². The first-order valence-corrected chi connectivity index (χ1v) is 9.82. The maximum absolute atomic E-state index is 12.1. The van der Waals surface area contributed by atoms with Crippen molar-refractivity contribution < 1.29 is 9.90 Å². The highest BCUT2D eigenvalue weighted by Gasteiger charge is 2.11. The Kier molecular flexibility index (Phi) is 6.97. The van der Waals surface area contributed by atoms with E-state index >= 15 is 0 Å². The lowest BCUT2D eigenvalue weighted by Gasteiger charge is -2.21. The summed E-state index contributed by atoms with van der Waals surface area (Å²) in [5.74, 6) is -0.0324. The van der Waals surface area contributed by atoms with Crippen molar-refractivity contribution in [1.82, 2.24) is 25.6 Å². The van der Waals surface area contributed by atoms with Crippen LogP contribution in [0.5, 0.6) is 5.75 Å². The lowest BCUT2D eigenvalue weighted by Crippen LogP contribution is -2.24. The van der Waals surface area contributed by atoms with Gasteiger partial charge >= 0.3 is 0 Å². The van der Waals surface area contributed by atoms with Gasteiger partial charge in [-0.05, 0) is 49.4 Å². The topological polar surface area (TPSA) is 109 Å². The molecule has 1 aromatic heterocycles. The van der Waals surface area contributed by atoms with Crippen LogP contribution in [-0.2, 0) is 11.3 Å². The summed E-state index contributed by atoms with van der Waals surface area (Å²) in [6, 6.07) is 12.4. The Morgan fingerprint density at radius 2 is 2.03 bits per heavy atom. The first-order chi connectivity index (χ1) is 14.5. The average molecular weight is 428 g/mol. The zero-order chi connectivity index (χ0) is 21.5. The molecule has 0 saturated heterocycles. The van der Waals surface area contributed by atoms with Gasteiger partial charge in [-0.25, -0.2) is 5.43 Å². The number of amides is 1. The van der Waals surface area contributed by atoms with Crippen molar-refractivity contribution in [3.8, 4) is 17.1 Å². The van der Waals surface area contributed by atoms with E-state index in [1.165, 1.54) is 6.21 Å². The summed E-state index contributed by atoms with van der Waals surface area (Å²) in [6.45, 7) is 5.63. The Balaban J connectivity index is 1.62. The second-order valence-corrected chi connectivity index (χ2v) is 6.74. The normalized spacial score (nSPS) is 11.0. The van der Waals surface area contributed by atoms with Crippen LogP contribution in [0.4, 0.5) is 5.69 Å². The van der Waals surface area contributed by atoms with Gasteiger partial charge in [0.1, 0.15) is 12.3 Å². The van der Waals surface area contributed by atoms with Crippen LogP contribution in [0.2, 0.25) is 5.02 Å². The van der Waals surface area contributed by atoms with Crippen LogP contribution < -0.4 is 10.3 Å². The molecule has 0 radical (unpaired) electrons. The lowest BCUT2D eigenvalue weighted by molar-refractivity contribution is -0.122. The van der Waals surface area contributed by atoms with E-state index in [1.807, 2.05) is 18.2 Å². The third-order valence-electron chi connectivity index (χ3n) is 4.39. The maximum atomic E-state index is 12.1. The summed E-state index contributed by atoms with van der Waals surface area (Å²) >= 11 is 6.12. The van der Waals surface area contributed by atoms with Gasteiger partial charge in [-0.1, -0.05) is 23.7 Å². The zero-order valence-corrected chi connectivity index (χ0v) is 17.4. The second kappa shape index (κ2) is 9.84. The minimum Gasteiger partial charge on any atom is -0.507 e. The van der Waals surface area contributed by atoms with Crippen molar-refractivity contribution >= 4 is 29.4 Å². The van der Waals surface area contributed by atoms with Crippen LogP contribution in [0.3, 0.4) is 0 Å². The summed E-state index contributed by atoms with van der Waals surface area (Å²) in [6.07, 6.45) is 1.39. The number of nitrogens with one attached hydrogen (secondary N) is 1. The largest absolute Gasteiger partial charge is 0.507 e. The number of carbonyl (C=O) groups is 1. The van der Waals surface area contributed by atoms with Crippen molar-refractivity contribution in [2.45, 2.75) is 20.4 Å². The van der Waals surface area contributed by atoms with Gasteiger partial charge < -0.3 is 10.0 Å². The van der Waals surface area contributed by atoms with Crippen LogP contribution in [0.1, 0.15) is 19.4 Å². The number of hydrogen-bond acceptors (Lipinski definition) is 7. The van der Waals surface area contributed by atoms with E-state index in [2.05, 4.69) is 44.7 Å². The molecule has 0 bridgehead atoms. The molecule has 156 valence electrons. The Bertz CT molecular complexity index is 1050. The van der Waals surface area contributed by atoms with Crippen molar-refractivity contribution in [2.75, 3.05) is 18.0 Å². The number of halogens is 1. The number of aromatic nitrogens is 4. The number of benzene rings is 2. The van der Waals surface area contributed by atoms with Crippen LogP contribution in [-0.4, -0.2) is 50.5 Å². The molecule has 9 nitrogen and oxygen atoms in total. The van der Waals surface area contributed by atoms with Crippen molar-refractivity contribution in [3.05, 3.63) is 53.1 Å².